The predicted molar refractivity (Wildman–Crippen MR) is 144 cm³/mol. The van der Waals surface area contributed by atoms with E-state index in [1.807, 2.05) is 0 Å². The van der Waals surface area contributed by atoms with Gasteiger partial charge < -0.3 is 14.6 Å². The van der Waals surface area contributed by atoms with Crippen LogP contribution >= 0.6 is 23.1 Å². The number of ketones is 1. The van der Waals surface area contributed by atoms with Gasteiger partial charge in [0.15, 0.2) is 15.8 Å². The molecule has 202 valence electrons. The molecule has 2 aliphatic heterocycles. The van der Waals surface area contributed by atoms with Crippen molar-refractivity contribution in [2.24, 2.45) is 0 Å². The largest absolute Gasteiger partial charge is 0.507 e. The summed E-state index contributed by atoms with van der Waals surface area (Å²) in [5.74, 6) is -2.13. The lowest BCUT2D eigenvalue weighted by Gasteiger charge is -2.23. The zero-order chi connectivity index (χ0) is 27.8. The number of aliphatic hydroxyl groups is 1. The van der Waals surface area contributed by atoms with Crippen LogP contribution < -0.4 is 14.4 Å². The van der Waals surface area contributed by atoms with Gasteiger partial charge in [-0.05, 0) is 42.0 Å². The number of rotatable bonds is 6. The van der Waals surface area contributed by atoms with Gasteiger partial charge in [0, 0.05) is 16.9 Å². The summed E-state index contributed by atoms with van der Waals surface area (Å²) < 4.78 is 40.0. The van der Waals surface area contributed by atoms with Crippen molar-refractivity contribution in [1.29, 1.82) is 0 Å². The van der Waals surface area contributed by atoms with Crippen molar-refractivity contribution in [2.75, 3.05) is 18.1 Å². The maximum absolute atomic E-state index is 15.1. The molecule has 2 aliphatic rings. The fraction of sp³-hybridized carbons (Fsp3) is 0.143. The fourth-order valence-electron chi connectivity index (χ4n) is 4.45. The maximum atomic E-state index is 15.1. The van der Waals surface area contributed by atoms with E-state index in [1.165, 1.54) is 54.2 Å². The summed E-state index contributed by atoms with van der Waals surface area (Å²) >= 11 is 2.36. The molecule has 3 heterocycles. The van der Waals surface area contributed by atoms with Crippen molar-refractivity contribution in [3.8, 4) is 11.5 Å². The van der Waals surface area contributed by atoms with Crippen LogP contribution in [0.1, 0.15) is 22.7 Å². The van der Waals surface area contributed by atoms with Crippen molar-refractivity contribution in [3.05, 3.63) is 101 Å². The summed E-state index contributed by atoms with van der Waals surface area (Å²) in [6.45, 7) is 0.693. The van der Waals surface area contributed by atoms with Crippen molar-refractivity contribution < 1.29 is 33.0 Å². The van der Waals surface area contributed by atoms with Gasteiger partial charge in [0.1, 0.15) is 36.6 Å². The van der Waals surface area contributed by atoms with E-state index >= 15 is 4.39 Å². The number of thioether (sulfide) groups is 1. The molecule has 8 nitrogen and oxygen atoms in total. The molecule has 40 heavy (non-hydrogen) atoms. The number of fused-ring (bicyclic) bond motifs is 1. The van der Waals surface area contributed by atoms with Crippen molar-refractivity contribution in [3.63, 3.8) is 0 Å². The number of aliphatic hydroxyl groups excluding tert-OH is 1. The normalized spacial score (nSPS) is 17.9. The Morgan fingerprint density at radius 3 is 2.52 bits per heavy atom. The highest BCUT2D eigenvalue weighted by Gasteiger charge is 2.49. The second-order valence-corrected chi connectivity index (χ2v) is 11.0. The first-order chi connectivity index (χ1) is 19.4. The highest BCUT2D eigenvalue weighted by molar-refractivity contribution is 8.00. The molecule has 12 heteroatoms. The van der Waals surface area contributed by atoms with E-state index in [9.17, 15) is 19.1 Å². The first kappa shape index (κ1) is 26.0. The van der Waals surface area contributed by atoms with E-state index in [0.29, 0.717) is 34.8 Å². The molecular weight excluding hydrogens is 560 g/mol. The monoisotopic (exact) mass is 579 g/mol. The fourth-order valence-corrected chi connectivity index (χ4v) is 6.27. The zero-order valence-electron chi connectivity index (χ0n) is 20.5. The van der Waals surface area contributed by atoms with Crippen LogP contribution in [0, 0.1) is 11.6 Å². The van der Waals surface area contributed by atoms with Crippen molar-refractivity contribution >= 4 is 45.7 Å². The van der Waals surface area contributed by atoms with Gasteiger partial charge in [-0.15, -0.1) is 10.2 Å². The minimum absolute atomic E-state index is 0.0107. The SMILES string of the molecule is O=C1C(=O)N(c2nnc(SCc3ccc(F)cc3)s2)C(c2ccccc2F)/C1=C(\O)c1ccc2c(c1)OCCO2. The van der Waals surface area contributed by atoms with Gasteiger partial charge in [-0.1, -0.05) is 53.4 Å². The van der Waals surface area contributed by atoms with Crippen LogP contribution in [-0.4, -0.2) is 40.2 Å². The number of ether oxygens (including phenoxy) is 2. The van der Waals surface area contributed by atoms with E-state index in [2.05, 4.69) is 10.2 Å². The smallest absolute Gasteiger partial charge is 0.301 e. The van der Waals surface area contributed by atoms with Gasteiger partial charge in [-0.3, -0.25) is 14.5 Å². The molecule has 1 fully saturated rings. The van der Waals surface area contributed by atoms with E-state index in [4.69, 9.17) is 9.47 Å². The van der Waals surface area contributed by atoms with Crippen LogP contribution in [0.4, 0.5) is 13.9 Å². The minimum Gasteiger partial charge on any atom is -0.507 e. The number of halogens is 2. The molecule has 1 aromatic heterocycles. The summed E-state index contributed by atoms with van der Waals surface area (Å²) in [7, 11) is 0. The maximum Gasteiger partial charge on any atom is 0.301 e. The lowest BCUT2D eigenvalue weighted by Crippen LogP contribution is -2.29. The zero-order valence-corrected chi connectivity index (χ0v) is 22.2. The summed E-state index contributed by atoms with van der Waals surface area (Å²) in [5, 5.41) is 19.6. The Morgan fingerprint density at radius 2 is 1.75 bits per heavy atom. The first-order valence-corrected chi connectivity index (χ1v) is 13.9. The number of Topliss-reactive ketones (excluding diaryl/α,β-unsaturated/α-hetero) is 1. The molecule has 1 amide bonds. The molecule has 1 N–H and O–H groups in total. The number of carbonyl (C=O) groups is 2. The number of benzene rings is 3. The molecule has 0 radical (unpaired) electrons. The Morgan fingerprint density at radius 1 is 1.00 bits per heavy atom. The highest BCUT2D eigenvalue weighted by Crippen LogP contribution is 2.45. The van der Waals surface area contributed by atoms with E-state index in [0.717, 1.165) is 21.8 Å². The quantitative estimate of drug-likeness (QED) is 0.105. The topological polar surface area (TPSA) is 102 Å². The average molecular weight is 580 g/mol. The summed E-state index contributed by atoms with van der Waals surface area (Å²) in [5.41, 5.74) is 0.782. The number of amides is 1. The standard InChI is InChI=1S/C28H19F2N3O5S2/c29-17-8-5-15(6-9-17)14-39-28-32-31-27(40-28)33-23(18-3-1-2-4-19(18)30)22(25(35)26(33)36)24(34)16-7-10-20-21(13-16)38-12-11-37-20/h1-10,13,23,34H,11-12,14H2/b24-22+. The van der Waals surface area contributed by atoms with Crippen LogP contribution in [0.25, 0.3) is 5.76 Å². The summed E-state index contributed by atoms with van der Waals surface area (Å²) in [6.07, 6.45) is 0. The van der Waals surface area contributed by atoms with Crippen LogP contribution in [0.3, 0.4) is 0 Å². The van der Waals surface area contributed by atoms with E-state index < -0.39 is 29.3 Å². The van der Waals surface area contributed by atoms with Crippen LogP contribution in [0.5, 0.6) is 11.5 Å². The Bertz CT molecular complexity index is 1660. The highest BCUT2D eigenvalue weighted by atomic mass is 32.2. The first-order valence-electron chi connectivity index (χ1n) is 12.1. The molecule has 1 atom stereocenters. The Labute approximate surface area is 234 Å². The Kier molecular flexibility index (Phi) is 6.95. The van der Waals surface area contributed by atoms with Gasteiger partial charge in [-0.2, -0.15) is 0 Å². The number of aromatic nitrogens is 2. The number of anilines is 1. The molecule has 0 aliphatic carbocycles. The third-order valence-electron chi connectivity index (χ3n) is 6.34. The van der Waals surface area contributed by atoms with Gasteiger partial charge in [0.25, 0.3) is 5.78 Å². The number of hydrogen-bond donors (Lipinski definition) is 1. The molecule has 0 bridgehead atoms. The molecule has 0 saturated carbocycles. The molecular formula is C28H19F2N3O5S2. The second-order valence-electron chi connectivity index (χ2n) is 8.81. The van der Waals surface area contributed by atoms with Crippen molar-refractivity contribution in [1.82, 2.24) is 10.2 Å². The summed E-state index contributed by atoms with van der Waals surface area (Å²) in [6, 6.07) is 15.1. The lowest BCUT2D eigenvalue weighted by atomic mass is 9.95. The van der Waals surface area contributed by atoms with Crippen LogP contribution in [-0.2, 0) is 15.3 Å². The Hall–Kier alpha value is -4.29. The number of nitrogens with zero attached hydrogens (tertiary/aromatic N) is 3. The molecule has 0 spiro atoms. The van der Waals surface area contributed by atoms with E-state index in [-0.39, 0.29) is 27.6 Å². The van der Waals surface area contributed by atoms with Gasteiger partial charge >= 0.3 is 5.91 Å². The molecule has 6 rings (SSSR count). The van der Waals surface area contributed by atoms with Gasteiger partial charge in [-0.25, -0.2) is 8.78 Å². The second kappa shape index (κ2) is 10.7. The number of carbonyl (C=O) groups excluding carboxylic acids is 2. The molecule has 1 saturated heterocycles. The van der Waals surface area contributed by atoms with Gasteiger partial charge in [0.2, 0.25) is 5.13 Å². The Balaban J connectivity index is 1.39. The third kappa shape index (κ3) is 4.80. The molecule has 3 aromatic carbocycles. The summed E-state index contributed by atoms with van der Waals surface area (Å²) in [4.78, 5) is 27.8. The predicted octanol–water partition coefficient (Wildman–Crippen LogP) is 5.51. The molecule has 4 aromatic rings. The number of hydrogen-bond acceptors (Lipinski definition) is 9. The molecule has 1 unspecified atom stereocenters. The minimum atomic E-state index is -1.29. The lowest BCUT2D eigenvalue weighted by molar-refractivity contribution is -0.132. The third-order valence-corrected chi connectivity index (χ3v) is 8.46. The van der Waals surface area contributed by atoms with Crippen molar-refractivity contribution in [2.45, 2.75) is 16.1 Å². The van der Waals surface area contributed by atoms with E-state index in [1.54, 1.807) is 24.3 Å². The van der Waals surface area contributed by atoms with Crippen LogP contribution in [0.15, 0.2) is 76.6 Å². The van der Waals surface area contributed by atoms with Gasteiger partial charge in [0.05, 0.1) is 5.57 Å². The average Bonchev–Trinajstić information content (AvgIpc) is 3.54. The van der Waals surface area contributed by atoms with Crippen LogP contribution in [0.2, 0.25) is 0 Å².